The molecule has 0 aliphatic carbocycles. The van der Waals surface area contributed by atoms with Crippen molar-refractivity contribution in [2.24, 2.45) is 5.41 Å². The molecule has 0 saturated carbocycles. The lowest BCUT2D eigenvalue weighted by Gasteiger charge is -2.16. The number of anilines is 1. The number of nitrogens with zero attached hydrogens (tertiary/aromatic N) is 1. The summed E-state index contributed by atoms with van der Waals surface area (Å²) < 4.78 is 10.5. The maximum Gasteiger partial charge on any atom is 0.226 e. The van der Waals surface area contributed by atoms with E-state index < -0.39 is 0 Å². The van der Waals surface area contributed by atoms with Crippen molar-refractivity contribution in [2.45, 2.75) is 27.2 Å². The molecule has 1 N–H and O–H groups in total. The Morgan fingerprint density at radius 3 is 2.52 bits per heavy atom. The molecule has 2 aromatic rings. The normalized spacial score (nSPS) is 11.2. The average molecular weight is 334 g/mol. The lowest BCUT2D eigenvalue weighted by Crippen LogP contribution is -2.19. The summed E-state index contributed by atoms with van der Waals surface area (Å²) in [7, 11) is 3.20. The lowest BCUT2D eigenvalue weighted by molar-refractivity contribution is -0.117. The van der Waals surface area contributed by atoms with Gasteiger partial charge in [-0.2, -0.15) is 0 Å². The quantitative estimate of drug-likeness (QED) is 0.890. The number of rotatable bonds is 5. The Morgan fingerprint density at radius 2 is 1.91 bits per heavy atom. The fourth-order valence-electron chi connectivity index (χ4n) is 2.10. The molecule has 0 aliphatic heterocycles. The Kier molecular flexibility index (Phi) is 5.26. The molecule has 2 rings (SSSR count). The highest BCUT2D eigenvalue weighted by Crippen LogP contribution is 2.33. The number of carbonyl (C=O) groups is 1. The molecule has 1 aromatic heterocycles. The van der Waals surface area contributed by atoms with Gasteiger partial charge in [-0.05, 0) is 23.6 Å². The lowest BCUT2D eigenvalue weighted by atomic mass is 9.92. The smallest absolute Gasteiger partial charge is 0.226 e. The van der Waals surface area contributed by atoms with Crippen molar-refractivity contribution in [3.63, 3.8) is 0 Å². The van der Waals surface area contributed by atoms with Gasteiger partial charge in [0.05, 0.1) is 19.9 Å². The number of benzene rings is 1. The molecular formula is C17H22N2O3S. The maximum atomic E-state index is 12.0. The number of hydrogen-bond donors (Lipinski definition) is 1. The number of ether oxygens (including phenoxy) is 2. The highest BCUT2D eigenvalue weighted by Gasteiger charge is 2.17. The first-order valence-corrected chi connectivity index (χ1v) is 8.18. The van der Waals surface area contributed by atoms with Gasteiger partial charge in [-0.15, -0.1) is 11.3 Å². The van der Waals surface area contributed by atoms with Crippen LogP contribution in [-0.4, -0.2) is 25.1 Å². The molecule has 1 aromatic carbocycles. The molecule has 0 radical (unpaired) electrons. The fourth-order valence-corrected chi connectivity index (χ4v) is 2.84. The minimum absolute atomic E-state index is 0.0225. The molecule has 6 heteroatoms. The van der Waals surface area contributed by atoms with Crippen LogP contribution in [0.4, 0.5) is 5.13 Å². The summed E-state index contributed by atoms with van der Waals surface area (Å²) >= 11 is 1.41. The predicted octanol–water partition coefficient (Wildman–Crippen LogP) is 4.20. The summed E-state index contributed by atoms with van der Waals surface area (Å²) in [4.78, 5) is 16.4. The summed E-state index contributed by atoms with van der Waals surface area (Å²) in [5.74, 6) is 1.30. The average Bonchev–Trinajstić information content (AvgIpc) is 2.92. The van der Waals surface area contributed by atoms with Crippen LogP contribution in [0.2, 0.25) is 0 Å². The maximum absolute atomic E-state index is 12.0. The Labute approximate surface area is 140 Å². The van der Waals surface area contributed by atoms with E-state index in [-0.39, 0.29) is 11.3 Å². The van der Waals surface area contributed by atoms with Gasteiger partial charge in [-0.25, -0.2) is 4.98 Å². The van der Waals surface area contributed by atoms with E-state index in [1.165, 1.54) is 11.3 Å². The van der Waals surface area contributed by atoms with E-state index in [1.807, 2.05) is 44.4 Å². The highest BCUT2D eigenvalue weighted by atomic mass is 32.1. The van der Waals surface area contributed by atoms with Gasteiger partial charge in [0, 0.05) is 17.4 Å². The number of hydrogen-bond acceptors (Lipinski definition) is 5. The second-order valence-corrected chi connectivity index (χ2v) is 7.25. The van der Waals surface area contributed by atoms with E-state index in [0.717, 1.165) is 11.3 Å². The summed E-state index contributed by atoms with van der Waals surface area (Å²) in [6, 6.07) is 5.62. The molecule has 5 nitrogen and oxygen atoms in total. The van der Waals surface area contributed by atoms with Crippen LogP contribution >= 0.6 is 11.3 Å². The number of methoxy groups -OCH3 is 2. The van der Waals surface area contributed by atoms with Crippen LogP contribution in [0.5, 0.6) is 11.5 Å². The topological polar surface area (TPSA) is 60.5 Å². The standard InChI is InChI=1S/C17H22N2O3S/c1-17(2,3)9-15(20)19-16-18-12(10-23-16)11-6-7-13(21-4)14(8-11)22-5/h6-8,10H,9H2,1-5H3,(H,18,19,20). The summed E-state index contributed by atoms with van der Waals surface area (Å²) in [5, 5.41) is 5.36. The monoisotopic (exact) mass is 334 g/mol. The summed E-state index contributed by atoms with van der Waals surface area (Å²) in [6.45, 7) is 6.09. The van der Waals surface area contributed by atoms with Crippen LogP contribution < -0.4 is 14.8 Å². The van der Waals surface area contributed by atoms with Crippen molar-refractivity contribution >= 4 is 22.4 Å². The summed E-state index contributed by atoms with van der Waals surface area (Å²) in [6.07, 6.45) is 0.457. The van der Waals surface area contributed by atoms with Gasteiger partial charge in [-0.1, -0.05) is 20.8 Å². The molecule has 0 fully saturated rings. The molecule has 0 saturated heterocycles. The largest absolute Gasteiger partial charge is 0.493 e. The van der Waals surface area contributed by atoms with Crippen LogP contribution in [0, 0.1) is 5.41 Å². The molecule has 0 atom stereocenters. The molecule has 0 spiro atoms. The third-order valence-electron chi connectivity index (χ3n) is 3.12. The van der Waals surface area contributed by atoms with E-state index in [0.29, 0.717) is 23.1 Å². The van der Waals surface area contributed by atoms with Crippen LogP contribution in [0.1, 0.15) is 27.2 Å². The van der Waals surface area contributed by atoms with Crippen LogP contribution in [0.15, 0.2) is 23.6 Å². The molecule has 124 valence electrons. The van der Waals surface area contributed by atoms with E-state index in [4.69, 9.17) is 9.47 Å². The predicted molar refractivity (Wildman–Crippen MR) is 93.4 cm³/mol. The zero-order valence-electron chi connectivity index (χ0n) is 14.1. The first-order chi connectivity index (χ1) is 10.8. The number of nitrogens with one attached hydrogen (secondary N) is 1. The van der Waals surface area contributed by atoms with Crippen molar-refractivity contribution < 1.29 is 14.3 Å². The molecule has 0 aliphatic rings. The van der Waals surface area contributed by atoms with Crippen molar-refractivity contribution in [3.8, 4) is 22.8 Å². The third-order valence-corrected chi connectivity index (χ3v) is 3.88. The zero-order chi connectivity index (χ0) is 17.0. The molecule has 23 heavy (non-hydrogen) atoms. The second kappa shape index (κ2) is 7.00. The summed E-state index contributed by atoms with van der Waals surface area (Å²) in [5.41, 5.74) is 1.66. The Hall–Kier alpha value is -2.08. The second-order valence-electron chi connectivity index (χ2n) is 6.39. The van der Waals surface area contributed by atoms with E-state index in [2.05, 4.69) is 10.3 Å². The number of amides is 1. The van der Waals surface area contributed by atoms with Crippen molar-refractivity contribution in [1.29, 1.82) is 0 Å². The van der Waals surface area contributed by atoms with Crippen LogP contribution in [0.3, 0.4) is 0 Å². The van der Waals surface area contributed by atoms with E-state index >= 15 is 0 Å². The highest BCUT2D eigenvalue weighted by molar-refractivity contribution is 7.14. The van der Waals surface area contributed by atoms with Gasteiger partial charge in [0.1, 0.15) is 0 Å². The van der Waals surface area contributed by atoms with Crippen molar-refractivity contribution in [2.75, 3.05) is 19.5 Å². The van der Waals surface area contributed by atoms with E-state index in [9.17, 15) is 4.79 Å². The SMILES string of the molecule is COc1ccc(-c2csc(NC(=O)CC(C)(C)C)n2)cc1OC. The number of carbonyl (C=O) groups excluding carboxylic acids is 1. The molecule has 1 amide bonds. The van der Waals surface area contributed by atoms with Crippen molar-refractivity contribution in [3.05, 3.63) is 23.6 Å². The molecule has 0 unspecified atom stereocenters. The Bertz CT molecular complexity index is 689. The van der Waals surface area contributed by atoms with Gasteiger partial charge >= 0.3 is 0 Å². The Morgan fingerprint density at radius 1 is 1.22 bits per heavy atom. The first-order valence-electron chi connectivity index (χ1n) is 7.30. The minimum Gasteiger partial charge on any atom is -0.493 e. The van der Waals surface area contributed by atoms with Crippen molar-refractivity contribution in [1.82, 2.24) is 4.98 Å². The van der Waals surface area contributed by atoms with Gasteiger partial charge in [0.15, 0.2) is 16.6 Å². The van der Waals surface area contributed by atoms with Gasteiger partial charge in [0.2, 0.25) is 5.91 Å². The van der Waals surface area contributed by atoms with Crippen LogP contribution in [-0.2, 0) is 4.79 Å². The molecule has 1 heterocycles. The first kappa shape index (κ1) is 17.3. The Balaban J connectivity index is 2.14. The van der Waals surface area contributed by atoms with Gasteiger partial charge in [0.25, 0.3) is 0 Å². The number of aromatic nitrogens is 1. The molecular weight excluding hydrogens is 312 g/mol. The number of thiazole rings is 1. The minimum atomic E-state index is -0.0481. The van der Waals surface area contributed by atoms with Crippen LogP contribution in [0.25, 0.3) is 11.3 Å². The fraction of sp³-hybridized carbons (Fsp3) is 0.412. The third kappa shape index (κ3) is 4.69. The van der Waals surface area contributed by atoms with Gasteiger partial charge in [-0.3, -0.25) is 4.79 Å². The van der Waals surface area contributed by atoms with Gasteiger partial charge < -0.3 is 14.8 Å². The zero-order valence-corrected chi connectivity index (χ0v) is 14.9. The molecule has 0 bridgehead atoms. The van der Waals surface area contributed by atoms with E-state index in [1.54, 1.807) is 14.2 Å².